The predicted molar refractivity (Wildman–Crippen MR) is 67.0 cm³/mol. The summed E-state index contributed by atoms with van der Waals surface area (Å²) in [6.07, 6.45) is 0.497. The summed E-state index contributed by atoms with van der Waals surface area (Å²) < 4.78 is 37.1. The van der Waals surface area contributed by atoms with Crippen molar-refractivity contribution in [1.82, 2.24) is 5.32 Å². The fraction of sp³-hybridized carbons (Fsp3) is 0.417. The van der Waals surface area contributed by atoms with Gasteiger partial charge < -0.3 is 10.4 Å². The van der Waals surface area contributed by atoms with Crippen LogP contribution in [-0.2, 0) is 0 Å². The molecule has 0 radical (unpaired) electrons. The molecule has 3 nitrogen and oxygen atoms in total. The Labute approximate surface area is 113 Å². The van der Waals surface area contributed by atoms with E-state index >= 15 is 0 Å². The summed E-state index contributed by atoms with van der Waals surface area (Å²) >= 11 is -0.325. The first-order chi connectivity index (χ1) is 8.87. The van der Waals surface area contributed by atoms with Crippen LogP contribution in [0.25, 0.3) is 0 Å². The molecule has 1 rings (SSSR count). The van der Waals surface area contributed by atoms with Gasteiger partial charge in [-0.25, -0.2) is 0 Å². The van der Waals surface area contributed by atoms with Crippen LogP contribution in [0.15, 0.2) is 29.2 Å². The molecule has 0 bridgehead atoms. The van der Waals surface area contributed by atoms with Crippen LogP contribution < -0.4 is 5.32 Å². The van der Waals surface area contributed by atoms with Gasteiger partial charge in [-0.2, -0.15) is 13.2 Å². The first-order valence-corrected chi connectivity index (χ1v) is 6.45. The predicted octanol–water partition coefficient (Wildman–Crippen LogP) is 2.80. The number of halogens is 3. The molecular weight excluding hydrogens is 279 g/mol. The normalized spacial score (nSPS) is 13.1. The zero-order chi connectivity index (χ0) is 14.5. The standard InChI is InChI=1S/C12H14F3NO2S/c1-2-8(7-17)16-11(18)9-5-3-4-6-10(9)19-12(13,14)15/h3-6,8,17H,2,7H2,1H3,(H,16,18)/t8-/m0/s1. The summed E-state index contributed by atoms with van der Waals surface area (Å²) in [6.45, 7) is 1.51. The van der Waals surface area contributed by atoms with Crippen LogP contribution in [0.2, 0.25) is 0 Å². The van der Waals surface area contributed by atoms with Crippen LogP contribution in [0.3, 0.4) is 0 Å². The second kappa shape index (κ2) is 6.81. The fourth-order valence-electron chi connectivity index (χ4n) is 1.41. The van der Waals surface area contributed by atoms with Gasteiger partial charge in [0.05, 0.1) is 18.2 Å². The van der Waals surface area contributed by atoms with E-state index in [2.05, 4.69) is 5.32 Å². The van der Waals surface area contributed by atoms with E-state index in [1.807, 2.05) is 0 Å². The van der Waals surface area contributed by atoms with Gasteiger partial charge >= 0.3 is 5.51 Å². The first-order valence-electron chi connectivity index (χ1n) is 5.64. The third-order valence-electron chi connectivity index (χ3n) is 2.41. The minimum atomic E-state index is -4.45. The zero-order valence-corrected chi connectivity index (χ0v) is 11.0. The number of thioether (sulfide) groups is 1. The Hall–Kier alpha value is -1.21. The first kappa shape index (κ1) is 15.8. The molecular formula is C12H14F3NO2S. The van der Waals surface area contributed by atoms with Crippen molar-refractivity contribution in [3.63, 3.8) is 0 Å². The molecule has 1 aromatic carbocycles. The highest BCUT2D eigenvalue weighted by Crippen LogP contribution is 2.38. The van der Waals surface area contributed by atoms with Crippen LogP contribution in [0, 0.1) is 0 Å². The summed E-state index contributed by atoms with van der Waals surface area (Å²) in [4.78, 5) is 11.7. The summed E-state index contributed by atoms with van der Waals surface area (Å²) in [5.74, 6) is -0.617. The van der Waals surface area contributed by atoms with Crippen LogP contribution >= 0.6 is 11.8 Å². The van der Waals surface area contributed by atoms with Gasteiger partial charge in [-0.3, -0.25) is 4.79 Å². The van der Waals surface area contributed by atoms with Crippen LogP contribution in [0.5, 0.6) is 0 Å². The summed E-state index contributed by atoms with van der Waals surface area (Å²) in [5.41, 5.74) is -4.49. The van der Waals surface area contributed by atoms with E-state index in [1.54, 1.807) is 6.92 Å². The number of alkyl halides is 3. The molecule has 0 unspecified atom stereocenters. The molecule has 1 amide bonds. The molecule has 2 N–H and O–H groups in total. The van der Waals surface area contributed by atoms with Gasteiger partial charge in [0, 0.05) is 4.90 Å². The Kier molecular flexibility index (Phi) is 5.68. The third-order valence-corrected chi connectivity index (χ3v) is 3.21. The molecule has 0 heterocycles. The van der Waals surface area contributed by atoms with Gasteiger partial charge in [-0.05, 0) is 30.3 Å². The number of carbonyl (C=O) groups excluding carboxylic acids is 1. The van der Waals surface area contributed by atoms with Crippen molar-refractivity contribution in [3.8, 4) is 0 Å². The van der Waals surface area contributed by atoms with Crippen molar-refractivity contribution in [2.75, 3.05) is 6.61 Å². The molecule has 0 aliphatic rings. The average Bonchev–Trinajstić information content (AvgIpc) is 2.34. The van der Waals surface area contributed by atoms with E-state index in [0.29, 0.717) is 6.42 Å². The van der Waals surface area contributed by atoms with E-state index < -0.39 is 17.5 Å². The lowest BCUT2D eigenvalue weighted by Crippen LogP contribution is -2.37. The summed E-state index contributed by atoms with van der Waals surface area (Å²) in [6, 6.07) is 5.04. The molecule has 7 heteroatoms. The number of aliphatic hydroxyl groups excluding tert-OH is 1. The molecule has 0 fully saturated rings. The Morgan fingerprint density at radius 3 is 2.58 bits per heavy atom. The Bertz CT molecular complexity index is 433. The van der Waals surface area contributed by atoms with Gasteiger partial charge in [0.2, 0.25) is 0 Å². The minimum Gasteiger partial charge on any atom is -0.394 e. The highest BCUT2D eigenvalue weighted by molar-refractivity contribution is 8.00. The molecule has 0 saturated carbocycles. The Balaban J connectivity index is 2.90. The maximum Gasteiger partial charge on any atom is 0.446 e. The Morgan fingerprint density at radius 2 is 2.05 bits per heavy atom. The van der Waals surface area contributed by atoms with Crippen molar-refractivity contribution in [2.24, 2.45) is 0 Å². The lowest BCUT2D eigenvalue weighted by atomic mass is 10.2. The fourth-order valence-corrected chi connectivity index (χ4v) is 2.07. The lowest BCUT2D eigenvalue weighted by Gasteiger charge is -2.16. The SMILES string of the molecule is CC[C@@H](CO)NC(=O)c1ccccc1SC(F)(F)F. The van der Waals surface area contributed by atoms with Crippen molar-refractivity contribution in [3.05, 3.63) is 29.8 Å². The largest absolute Gasteiger partial charge is 0.446 e. The molecule has 106 valence electrons. The van der Waals surface area contributed by atoms with Crippen molar-refractivity contribution < 1.29 is 23.1 Å². The van der Waals surface area contributed by atoms with Gasteiger partial charge in [0.1, 0.15) is 0 Å². The van der Waals surface area contributed by atoms with Crippen molar-refractivity contribution in [1.29, 1.82) is 0 Å². The van der Waals surface area contributed by atoms with Gasteiger partial charge in [-0.15, -0.1) is 0 Å². The number of hydrogen-bond donors (Lipinski definition) is 2. The number of rotatable bonds is 5. The van der Waals surface area contributed by atoms with Gasteiger partial charge in [0.25, 0.3) is 5.91 Å². The second-order valence-corrected chi connectivity index (χ2v) is 4.91. The average molecular weight is 293 g/mol. The van der Waals surface area contributed by atoms with Crippen molar-refractivity contribution in [2.45, 2.75) is 29.8 Å². The lowest BCUT2D eigenvalue weighted by molar-refractivity contribution is -0.0328. The third kappa shape index (κ3) is 5.12. The molecule has 0 aliphatic carbocycles. The number of benzene rings is 1. The molecule has 0 spiro atoms. The highest BCUT2D eigenvalue weighted by Gasteiger charge is 2.31. The van der Waals surface area contributed by atoms with E-state index in [4.69, 9.17) is 5.11 Å². The van der Waals surface area contributed by atoms with Gasteiger partial charge in [0.15, 0.2) is 0 Å². The summed E-state index contributed by atoms with van der Waals surface area (Å²) in [7, 11) is 0. The molecule has 0 saturated heterocycles. The summed E-state index contributed by atoms with van der Waals surface area (Å²) in [5, 5.41) is 11.5. The molecule has 1 aromatic rings. The second-order valence-electron chi connectivity index (χ2n) is 3.81. The van der Waals surface area contributed by atoms with Crippen LogP contribution in [0.1, 0.15) is 23.7 Å². The Morgan fingerprint density at radius 1 is 1.42 bits per heavy atom. The molecule has 0 aromatic heterocycles. The van der Waals surface area contributed by atoms with Crippen LogP contribution in [0.4, 0.5) is 13.2 Å². The monoisotopic (exact) mass is 293 g/mol. The molecule has 19 heavy (non-hydrogen) atoms. The topological polar surface area (TPSA) is 49.3 Å². The number of aliphatic hydroxyl groups is 1. The van der Waals surface area contributed by atoms with E-state index in [1.165, 1.54) is 24.3 Å². The zero-order valence-electron chi connectivity index (χ0n) is 10.2. The highest BCUT2D eigenvalue weighted by atomic mass is 32.2. The smallest absolute Gasteiger partial charge is 0.394 e. The maximum atomic E-state index is 12.4. The quantitative estimate of drug-likeness (QED) is 0.821. The van der Waals surface area contributed by atoms with Crippen molar-refractivity contribution >= 4 is 17.7 Å². The van der Waals surface area contributed by atoms with E-state index in [-0.39, 0.29) is 28.8 Å². The van der Waals surface area contributed by atoms with E-state index in [0.717, 1.165) is 0 Å². The molecule has 1 atom stereocenters. The molecule has 0 aliphatic heterocycles. The number of hydrogen-bond acceptors (Lipinski definition) is 3. The number of amides is 1. The number of carbonyl (C=O) groups is 1. The minimum absolute atomic E-state index is 0.0447. The van der Waals surface area contributed by atoms with Gasteiger partial charge in [-0.1, -0.05) is 19.1 Å². The van der Waals surface area contributed by atoms with Crippen LogP contribution in [-0.4, -0.2) is 29.2 Å². The van der Waals surface area contributed by atoms with E-state index in [9.17, 15) is 18.0 Å². The maximum absolute atomic E-state index is 12.4. The number of nitrogens with one attached hydrogen (secondary N) is 1.